The first-order valence-electron chi connectivity index (χ1n) is 17.3. The zero-order valence-corrected chi connectivity index (χ0v) is 30.2. The average molecular weight is 735 g/mol. The molecule has 4 aromatic rings. The van der Waals surface area contributed by atoms with Crippen LogP contribution in [0, 0.1) is 0 Å². The van der Waals surface area contributed by atoms with Crippen LogP contribution in [-0.2, 0) is 26.6 Å². The number of amides is 3. The summed E-state index contributed by atoms with van der Waals surface area (Å²) in [6.45, 7) is 8.72. The Morgan fingerprint density at radius 2 is 1.59 bits per heavy atom. The van der Waals surface area contributed by atoms with Gasteiger partial charge in [-0.3, -0.25) is 4.79 Å². The molecular formula is C37H41Cl2N7O5. The highest BCUT2D eigenvalue weighted by Gasteiger charge is 2.46. The molecule has 51 heavy (non-hydrogen) atoms. The number of imide groups is 1. The van der Waals surface area contributed by atoms with Gasteiger partial charge >= 0.3 is 6.03 Å². The first-order valence-corrected chi connectivity index (χ1v) is 18.1. The molecule has 7 rings (SSSR count). The lowest BCUT2D eigenvalue weighted by Gasteiger charge is -2.37. The molecule has 14 heteroatoms. The predicted molar refractivity (Wildman–Crippen MR) is 196 cm³/mol. The zero-order valence-electron chi connectivity index (χ0n) is 28.7. The fraction of sp³-hybridized carbons (Fsp3) is 0.405. The summed E-state index contributed by atoms with van der Waals surface area (Å²) >= 11 is 12.7. The third kappa shape index (κ3) is 7.36. The van der Waals surface area contributed by atoms with Crippen molar-refractivity contribution in [3.05, 3.63) is 95.0 Å². The maximum atomic E-state index is 13.0. The maximum absolute atomic E-state index is 13.0. The third-order valence-electron chi connectivity index (χ3n) is 9.66. The standard InChI is InChI=1S/C37H41Cl2N7O5/c1-3-4-15-45-26(2)35(47)46(36(45)48)30-8-6-28(7-9-30)42-16-18-43(19-17-42)29-10-12-31(13-11-29)49-21-32-22-50-37(51-32,23-44-25-40-24-41-44)33-14-5-27(38)20-34(33)39/h5-14,20,24-26,32H,3-4,15-19,21-23H2,1-2H3. The number of hydrogen-bond donors (Lipinski definition) is 0. The lowest BCUT2D eigenvalue weighted by Crippen LogP contribution is -2.46. The van der Waals surface area contributed by atoms with E-state index in [0.717, 1.165) is 56.1 Å². The van der Waals surface area contributed by atoms with Gasteiger partial charge in [-0.15, -0.1) is 0 Å². The molecule has 3 aromatic carbocycles. The number of halogens is 2. The van der Waals surface area contributed by atoms with Crippen molar-refractivity contribution in [2.45, 2.75) is 51.2 Å². The second-order valence-electron chi connectivity index (χ2n) is 13.0. The molecule has 0 N–H and O–H groups in total. The summed E-state index contributed by atoms with van der Waals surface area (Å²) in [5.74, 6) is -0.606. The predicted octanol–water partition coefficient (Wildman–Crippen LogP) is 6.22. The Morgan fingerprint density at radius 3 is 2.22 bits per heavy atom. The minimum atomic E-state index is -1.17. The van der Waals surface area contributed by atoms with Crippen LogP contribution in [0.5, 0.6) is 5.75 Å². The van der Waals surface area contributed by atoms with Crippen LogP contribution >= 0.6 is 23.2 Å². The van der Waals surface area contributed by atoms with E-state index in [2.05, 4.69) is 38.9 Å². The Balaban J connectivity index is 0.914. The van der Waals surface area contributed by atoms with E-state index in [1.807, 2.05) is 42.5 Å². The summed E-state index contributed by atoms with van der Waals surface area (Å²) in [6.07, 6.45) is 4.56. The van der Waals surface area contributed by atoms with Gasteiger partial charge in [-0.1, -0.05) is 42.6 Å². The lowest BCUT2D eigenvalue weighted by molar-refractivity contribution is -0.190. The highest BCUT2D eigenvalue weighted by atomic mass is 35.5. The van der Waals surface area contributed by atoms with Gasteiger partial charge in [0, 0.05) is 54.7 Å². The van der Waals surface area contributed by atoms with Crippen molar-refractivity contribution in [2.75, 3.05) is 60.6 Å². The van der Waals surface area contributed by atoms with Gasteiger partial charge < -0.3 is 28.9 Å². The number of aromatic nitrogens is 3. The smallest absolute Gasteiger partial charge is 0.332 e. The molecule has 1 aromatic heterocycles. The molecule has 0 bridgehead atoms. The third-order valence-corrected chi connectivity index (χ3v) is 10.2. The second kappa shape index (κ2) is 15.1. The number of anilines is 3. The largest absolute Gasteiger partial charge is 0.491 e. The minimum absolute atomic E-state index is 0.171. The van der Waals surface area contributed by atoms with E-state index in [9.17, 15) is 9.59 Å². The van der Waals surface area contributed by atoms with Gasteiger partial charge in [-0.05, 0) is 74.0 Å². The Bertz CT molecular complexity index is 1820. The number of benzene rings is 3. The van der Waals surface area contributed by atoms with Crippen LogP contribution in [0.3, 0.4) is 0 Å². The number of rotatable bonds is 12. The van der Waals surface area contributed by atoms with Crippen LogP contribution in [0.25, 0.3) is 0 Å². The number of unbranched alkanes of at least 4 members (excludes halogenated alkanes) is 1. The minimum Gasteiger partial charge on any atom is -0.491 e. The molecule has 3 amide bonds. The van der Waals surface area contributed by atoms with E-state index < -0.39 is 11.8 Å². The molecule has 0 saturated carbocycles. The van der Waals surface area contributed by atoms with Gasteiger partial charge in [0.1, 0.15) is 43.7 Å². The van der Waals surface area contributed by atoms with Gasteiger partial charge in [-0.2, -0.15) is 5.10 Å². The normalized spacial score (nSPS) is 22.4. The van der Waals surface area contributed by atoms with Gasteiger partial charge in [-0.25, -0.2) is 19.4 Å². The van der Waals surface area contributed by atoms with E-state index in [1.165, 1.54) is 11.2 Å². The van der Waals surface area contributed by atoms with Crippen LogP contribution in [0.4, 0.5) is 21.9 Å². The maximum Gasteiger partial charge on any atom is 0.332 e. The fourth-order valence-corrected chi connectivity index (χ4v) is 7.38. The quantitative estimate of drug-likeness (QED) is 0.157. The molecule has 0 radical (unpaired) electrons. The van der Waals surface area contributed by atoms with Crippen molar-refractivity contribution >= 4 is 52.2 Å². The Hall–Kier alpha value is -4.36. The molecule has 12 nitrogen and oxygen atoms in total. The molecule has 3 aliphatic heterocycles. The summed E-state index contributed by atoms with van der Waals surface area (Å²) in [5, 5.41) is 5.19. The Kier molecular flexibility index (Phi) is 10.4. The van der Waals surface area contributed by atoms with Gasteiger partial charge in [0.05, 0.1) is 17.3 Å². The molecule has 3 saturated heterocycles. The molecule has 3 unspecified atom stereocenters. The molecule has 0 spiro atoms. The van der Waals surface area contributed by atoms with Crippen molar-refractivity contribution in [1.29, 1.82) is 0 Å². The van der Waals surface area contributed by atoms with Crippen LogP contribution < -0.4 is 19.4 Å². The summed E-state index contributed by atoms with van der Waals surface area (Å²) in [7, 11) is 0. The highest BCUT2D eigenvalue weighted by molar-refractivity contribution is 6.35. The molecule has 0 aliphatic carbocycles. The molecular weight excluding hydrogens is 693 g/mol. The van der Waals surface area contributed by atoms with Crippen LogP contribution in [0.2, 0.25) is 10.0 Å². The van der Waals surface area contributed by atoms with Gasteiger partial charge in [0.2, 0.25) is 5.79 Å². The number of urea groups is 1. The van der Waals surface area contributed by atoms with Crippen LogP contribution in [0.15, 0.2) is 79.4 Å². The number of nitrogens with zero attached hydrogens (tertiary/aromatic N) is 7. The van der Waals surface area contributed by atoms with Crippen molar-refractivity contribution < 1.29 is 23.8 Å². The number of piperazine rings is 1. The summed E-state index contributed by atoms with van der Waals surface area (Å²) in [5.41, 5.74) is 3.46. The number of carbonyl (C=O) groups excluding carboxylic acids is 2. The zero-order chi connectivity index (χ0) is 35.5. The second-order valence-corrected chi connectivity index (χ2v) is 13.8. The average Bonchev–Trinajstić information content (AvgIpc) is 3.86. The summed E-state index contributed by atoms with van der Waals surface area (Å²) in [4.78, 5) is 37.7. The summed E-state index contributed by atoms with van der Waals surface area (Å²) < 4.78 is 20.5. The van der Waals surface area contributed by atoms with Gasteiger partial charge in [0.25, 0.3) is 5.91 Å². The van der Waals surface area contributed by atoms with E-state index in [1.54, 1.807) is 35.0 Å². The molecule has 4 heterocycles. The van der Waals surface area contributed by atoms with E-state index in [0.29, 0.717) is 34.4 Å². The molecule has 3 fully saturated rings. The molecule has 3 aliphatic rings. The number of hydrogen-bond acceptors (Lipinski definition) is 9. The first-order chi connectivity index (χ1) is 24.7. The van der Waals surface area contributed by atoms with E-state index >= 15 is 0 Å². The first kappa shape index (κ1) is 35.1. The fourth-order valence-electron chi connectivity index (χ4n) is 6.82. The van der Waals surface area contributed by atoms with Gasteiger partial charge in [0.15, 0.2) is 0 Å². The van der Waals surface area contributed by atoms with Crippen LogP contribution in [-0.4, -0.2) is 89.7 Å². The van der Waals surface area contributed by atoms with Crippen LogP contribution in [0.1, 0.15) is 32.3 Å². The SMILES string of the molecule is CCCCN1C(=O)N(c2ccc(N3CCN(c4ccc(OCC5COC(Cn6cncn6)(c6ccc(Cl)cc6Cl)O5)cc4)CC3)cc2)C(=O)C1C. The molecule has 268 valence electrons. The van der Waals surface area contributed by atoms with E-state index in [-0.39, 0.29) is 31.2 Å². The van der Waals surface area contributed by atoms with Crippen molar-refractivity contribution in [2.24, 2.45) is 0 Å². The number of carbonyl (C=O) groups is 2. The highest BCUT2D eigenvalue weighted by Crippen LogP contribution is 2.40. The number of ether oxygens (including phenoxy) is 3. The molecule has 3 atom stereocenters. The van der Waals surface area contributed by atoms with Crippen molar-refractivity contribution in [3.8, 4) is 5.75 Å². The lowest BCUT2D eigenvalue weighted by atomic mass is 10.1. The van der Waals surface area contributed by atoms with Crippen molar-refractivity contribution in [1.82, 2.24) is 19.7 Å². The monoisotopic (exact) mass is 733 g/mol. The topological polar surface area (TPSA) is 106 Å². The Morgan fingerprint density at radius 1 is 0.922 bits per heavy atom. The van der Waals surface area contributed by atoms with E-state index in [4.69, 9.17) is 37.4 Å². The Labute approximate surface area is 307 Å². The van der Waals surface area contributed by atoms with Crippen molar-refractivity contribution in [3.63, 3.8) is 0 Å². The summed E-state index contributed by atoms with van der Waals surface area (Å²) in [6, 6.07) is 20.4.